The fourth-order valence-corrected chi connectivity index (χ4v) is 3.60. The second-order valence-electron chi connectivity index (χ2n) is 7.17. The number of carbonyl (C=O) groups is 2. The van der Waals surface area contributed by atoms with Gasteiger partial charge in [0.05, 0.1) is 5.56 Å². The molecule has 2 heterocycles. The molecule has 7 heteroatoms. The van der Waals surface area contributed by atoms with Crippen molar-refractivity contribution in [3.63, 3.8) is 0 Å². The number of amides is 1. The molecule has 29 heavy (non-hydrogen) atoms. The quantitative estimate of drug-likeness (QED) is 0.594. The molecule has 4 rings (SSSR count). The van der Waals surface area contributed by atoms with E-state index >= 15 is 0 Å². The van der Waals surface area contributed by atoms with Gasteiger partial charge in [0.15, 0.2) is 0 Å². The van der Waals surface area contributed by atoms with E-state index in [0.717, 1.165) is 5.56 Å². The summed E-state index contributed by atoms with van der Waals surface area (Å²) in [5, 5.41) is 15.6. The number of aryl methyl sites for hydroxylation is 1. The van der Waals surface area contributed by atoms with E-state index < -0.39 is 12.0 Å². The predicted octanol–water partition coefficient (Wildman–Crippen LogP) is 2.87. The lowest BCUT2D eigenvalue weighted by Crippen LogP contribution is -2.36. The van der Waals surface area contributed by atoms with E-state index in [1.807, 2.05) is 36.4 Å². The number of nitrogens with one attached hydrogen (secondary N) is 2. The number of carboxylic acids is 1. The zero-order valence-electron chi connectivity index (χ0n) is 16.0. The summed E-state index contributed by atoms with van der Waals surface area (Å²) in [5.74, 6) is -0.0330. The zero-order chi connectivity index (χ0) is 20.4. The number of aliphatic carboxylic acids is 1. The first-order valence-electron chi connectivity index (χ1n) is 9.48. The van der Waals surface area contributed by atoms with Crippen LogP contribution in [0.25, 0.3) is 11.0 Å². The molecule has 3 N–H and O–H groups in total. The summed E-state index contributed by atoms with van der Waals surface area (Å²) in [6.45, 7) is 2.59. The fraction of sp³-hybridized carbons (Fsp3) is 0.273. The molecule has 7 nitrogen and oxygen atoms in total. The zero-order valence-corrected chi connectivity index (χ0v) is 16.0. The lowest BCUT2D eigenvalue weighted by atomic mass is 10.1. The van der Waals surface area contributed by atoms with Crippen LogP contribution >= 0.6 is 0 Å². The Morgan fingerprint density at radius 2 is 2.03 bits per heavy atom. The molecule has 0 saturated carbocycles. The van der Waals surface area contributed by atoms with Crippen molar-refractivity contribution >= 4 is 22.8 Å². The van der Waals surface area contributed by atoms with E-state index in [0.29, 0.717) is 47.6 Å². The van der Waals surface area contributed by atoms with Crippen molar-refractivity contribution in [2.45, 2.75) is 32.0 Å². The second-order valence-corrected chi connectivity index (χ2v) is 7.17. The third kappa shape index (κ3) is 4.09. The number of ether oxygens (including phenoxy) is 1. The molecule has 0 bridgehead atoms. The average molecular weight is 394 g/mol. The number of hydrogen-bond acceptors (Lipinski definition) is 5. The Hall–Kier alpha value is -3.32. The van der Waals surface area contributed by atoms with Crippen LogP contribution in [-0.4, -0.2) is 35.6 Å². The molecule has 2 atom stereocenters. The minimum absolute atomic E-state index is 0.245. The van der Waals surface area contributed by atoms with Crippen LogP contribution in [0.4, 0.5) is 0 Å². The topological polar surface area (TPSA) is 101 Å². The van der Waals surface area contributed by atoms with Crippen LogP contribution < -0.4 is 15.4 Å². The van der Waals surface area contributed by atoms with Crippen molar-refractivity contribution in [2.24, 2.45) is 0 Å². The van der Waals surface area contributed by atoms with E-state index in [9.17, 15) is 9.59 Å². The Morgan fingerprint density at radius 1 is 1.24 bits per heavy atom. The van der Waals surface area contributed by atoms with Gasteiger partial charge in [-0.05, 0) is 37.1 Å². The van der Waals surface area contributed by atoms with Crippen molar-refractivity contribution in [3.8, 4) is 5.75 Å². The maximum absolute atomic E-state index is 12.9. The Morgan fingerprint density at radius 3 is 2.76 bits per heavy atom. The summed E-state index contributed by atoms with van der Waals surface area (Å²) in [5.41, 5.74) is 2.10. The van der Waals surface area contributed by atoms with E-state index in [1.165, 1.54) is 0 Å². The van der Waals surface area contributed by atoms with Gasteiger partial charge >= 0.3 is 5.97 Å². The van der Waals surface area contributed by atoms with Gasteiger partial charge in [-0.3, -0.25) is 9.59 Å². The van der Waals surface area contributed by atoms with Crippen molar-refractivity contribution < 1.29 is 23.8 Å². The van der Waals surface area contributed by atoms with Crippen molar-refractivity contribution in [1.82, 2.24) is 10.6 Å². The molecule has 1 fully saturated rings. The molecule has 1 saturated heterocycles. The average Bonchev–Trinajstić information content (AvgIpc) is 3.30. The first-order valence-corrected chi connectivity index (χ1v) is 9.48. The lowest BCUT2D eigenvalue weighted by molar-refractivity contribution is -0.139. The number of hydrogen-bond donors (Lipinski definition) is 3. The Kier molecular flexibility index (Phi) is 5.22. The van der Waals surface area contributed by atoms with Gasteiger partial charge in [0, 0.05) is 18.0 Å². The number of carbonyl (C=O) groups excluding carboxylic acids is 1. The summed E-state index contributed by atoms with van der Waals surface area (Å²) in [6.07, 6.45) is 0.349. The van der Waals surface area contributed by atoms with Gasteiger partial charge in [-0.25, -0.2) is 0 Å². The van der Waals surface area contributed by atoms with Crippen LogP contribution in [0.15, 0.2) is 52.9 Å². The van der Waals surface area contributed by atoms with E-state index in [4.69, 9.17) is 14.3 Å². The molecule has 1 aliphatic heterocycles. The van der Waals surface area contributed by atoms with Gasteiger partial charge in [0.2, 0.25) is 0 Å². The first kappa shape index (κ1) is 19.0. The third-order valence-electron chi connectivity index (χ3n) is 5.08. The van der Waals surface area contributed by atoms with Crippen molar-refractivity contribution in [3.05, 3.63) is 65.4 Å². The van der Waals surface area contributed by atoms with E-state index in [2.05, 4.69) is 10.6 Å². The molecule has 1 aromatic heterocycles. The fourth-order valence-electron chi connectivity index (χ4n) is 3.60. The highest BCUT2D eigenvalue weighted by Crippen LogP contribution is 2.29. The summed E-state index contributed by atoms with van der Waals surface area (Å²) in [6, 6.07) is 14.4. The SMILES string of the molecule is Cc1oc2ccc(OCc3ccccc3)cc2c1C(=O)N[C@@H]1CN[C@H](C(=O)O)C1. The largest absolute Gasteiger partial charge is 0.489 e. The molecular formula is C22H22N2O5. The van der Waals surface area contributed by atoms with Crippen LogP contribution in [0.3, 0.4) is 0 Å². The van der Waals surface area contributed by atoms with Gasteiger partial charge < -0.3 is 24.9 Å². The molecule has 0 aliphatic carbocycles. The van der Waals surface area contributed by atoms with Crippen molar-refractivity contribution in [1.29, 1.82) is 0 Å². The van der Waals surface area contributed by atoms with E-state index in [1.54, 1.807) is 19.1 Å². The highest BCUT2D eigenvalue weighted by atomic mass is 16.5. The molecule has 0 spiro atoms. The van der Waals surface area contributed by atoms with Crippen LogP contribution in [0.2, 0.25) is 0 Å². The van der Waals surface area contributed by atoms with Gasteiger partial charge in [0.1, 0.15) is 29.7 Å². The molecular weight excluding hydrogens is 372 g/mol. The summed E-state index contributed by atoms with van der Waals surface area (Å²) in [7, 11) is 0. The molecule has 150 valence electrons. The second kappa shape index (κ2) is 7.97. The number of carboxylic acid groups (broad SMARTS) is 1. The number of rotatable bonds is 6. The maximum atomic E-state index is 12.9. The number of furan rings is 1. The smallest absolute Gasteiger partial charge is 0.320 e. The Labute approximate surface area is 167 Å². The van der Waals surface area contributed by atoms with Crippen LogP contribution in [0, 0.1) is 6.92 Å². The molecule has 3 aromatic rings. The maximum Gasteiger partial charge on any atom is 0.320 e. The number of benzene rings is 2. The summed E-state index contributed by atoms with van der Waals surface area (Å²) < 4.78 is 11.6. The Bertz CT molecular complexity index is 1040. The third-order valence-corrected chi connectivity index (χ3v) is 5.08. The molecule has 1 aliphatic rings. The lowest BCUT2D eigenvalue weighted by Gasteiger charge is -2.11. The Balaban J connectivity index is 1.51. The van der Waals surface area contributed by atoms with Gasteiger partial charge in [-0.2, -0.15) is 0 Å². The normalized spacial score (nSPS) is 18.7. The monoisotopic (exact) mass is 394 g/mol. The summed E-state index contributed by atoms with van der Waals surface area (Å²) in [4.78, 5) is 24.0. The van der Waals surface area contributed by atoms with E-state index in [-0.39, 0.29) is 11.9 Å². The van der Waals surface area contributed by atoms with Crippen LogP contribution in [-0.2, 0) is 11.4 Å². The highest BCUT2D eigenvalue weighted by Gasteiger charge is 2.31. The molecule has 0 unspecified atom stereocenters. The van der Waals surface area contributed by atoms with Gasteiger partial charge in [-0.1, -0.05) is 30.3 Å². The molecule has 1 amide bonds. The molecule has 2 aromatic carbocycles. The minimum Gasteiger partial charge on any atom is -0.489 e. The van der Waals surface area contributed by atoms with Gasteiger partial charge in [0.25, 0.3) is 5.91 Å². The highest BCUT2D eigenvalue weighted by molar-refractivity contribution is 6.07. The van der Waals surface area contributed by atoms with Gasteiger partial charge in [-0.15, -0.1) is 0 Å². The standard InChI is InChI=1S/C22H22N2O5/c1-13-20(21(25)24-15-9-18(22(26)27)23-11-15)17-10-16(7-8-19(17)29-13)28-12-14-5-3-2-4-6-14/h2-8,10,15,18,23H,9,11-12H2,1H3,(H,24,25)(H,26,27)/t15-,18-/m0/s1. The van der Waals surface area contributed by atoms with Crippen LogP contribution in [0.1, 0.15) is 28.1 Å². The van der Waals surface area contributed by atoms with Crippen LogP contribution in [0.5, 0.6) is 5.75 Å². The summed E-state index contributed by atoms with van der Waals surface area (Å²) >= 11 is 0. The van der Waals surface area contributed by atoms with Crippen molar-refractivity contribution in [2.75, 3.05) is 6.54 Å². The minimum atomic E-state index is -0.910. The number of fused-ring (bicyclic) bond motifs is 1. The molecule has 0 radical (unpaired) electrons. The first-order chi connectivity index (χ1) is 14.0. The predicted molar refractivity (Wildman–Crippen MR) is 107 cm³/mol.